The van der Waals surface area contributed by atoms with E-state index in [-0.39, 0.29) is 22.3 Å². The number of anilines is 2. The van der Waals surface area contributed by atoms with Gasteiger partial charge in [0.2, 0.25) is 0 Å². The number of fused-ring (bicyclic) bond motifs is 1. The lowest BCUT2D eigenvalue weighted by Crippen LogP contribution is -2.50. The molecule has 12 nitrogen and oxygen atoms in total. The van der Waals surface area contributed by atoms with Crippen molar-refractivity contribution < 1.29 is 14.0 Å². The molecule has 3 aromatic heterocycles. The summed E-state index contributed by atoms with van der Waals surface area (Å²) in [5.74, 6) is 3.83. The average molecular weight is 561 g/mol. The number of halogens is 1. The molecule has 214 valence electrons. The summed E-state index contributed by atoms with van der Waals surface area (Å²) < 4.78 is 16.8. The van der Waals surface area contributed by atoms with Crippen LogP contribution in [-0.4, -0.2) is 88.1 Å². The molecule has 4 heterocycles. The molecule has 0 spiro atoms. The maximum absolute atomic E-state index is 14.8. The van der Waals surface area contributed by atoms with Crippen LogP contribution >= 0.6 is 0 Å². The van der Waals surface area contributed by atoms with Crippen molar-refractivity contribution in [1.29, 1.82) is 0 Å². The van der Waals surface area contributed by atoms with Crippen LogP contribution in [0.5, 0.6) is 0 Å². The number of pyridine rings is 1. The van der Waals surface area contributed by atoms with Crippen LogP contribution in [0.3, 0.4) is 0 Å². The first-order valence-corrected chi connectivity index (χ1v) is 13.2. The molecule has 1 saturated heterocycles. The van der Waals surface area contributed by atoms with E-state index in [1.165, 1.54) is 23.5 Å². The molecule has 13 heteroatoms. The SMILES string of the molecule is CN(C)CCn1cc(N2CCN(C(=O)C(=O)c3c[nH]c4c(N(N)/C=C\N)ncc(F)c34)CC2)c(-c2ccccc2)n1. The van der Waals surface area contributed by atoms with Gasteiger partial charge in [-0.2, -0.15) is 5.10 Å². The standard InChI is InChI=1S/C28H33FN10O2/c1-35(2)10-15-38-18-22(24(34-38)19-6-4-3-5-7-19)36-11-13-37(14-12-36)28(41)26(40)20-16-32-25-23(20)21(29)17-33-27(25)39(31)9-8-30/h3-9,16-18,32H,10-15,30-31H2,1-2H3/b9-8-. The Labute approximate surface area is 236 Å². The van der Waals surface area contributed by atoms with Gasteiger partial charge in [0.05, 0.1) is 34.9 Å². The fourth-order valence-corrected chi connectivity index (χ4v) is 4.90. The zero-order chi connectivity index (χ0) is 29.1. The third kappa shape index (κ3) is 5.62. The molecule has 4 aromatic rings. The number of hydrogen-bond donors (Lipinski definition) is 3. The van der Waals surface area contributed by atoms with Crippen molar-refractivity contribution in [2.75, 3.05) is 56.7 Å². The number of likely N-dealkylation sites (N-methyl/N-ethyl adjacent to an activating group) is 1. The Morgan fingerprint density at radius 3 is 2.56 bits per heavy atom. The lowest BCUT2D eigenvalue weighted by molar-refractivity contribution is -0.126. The van der Waals surface area contributed by atoms with E-state index in [4.69, 9.17) is 16.7 Å². The highest BCUT2D eigenvalue weighted by molar-refractivity contribution is 6.45. The summed E-state index contributed by atoms with van der Waals surface area (Å²) in [7, 11) is 4.04. The number of carbonyl (C=O) groups excluding carboxylic acids is 2. The van der Waals surface area contributed by atoms with Crippen LogP contribution in [0.2, 0.25) is 0 Å². The smallest absolute Gasteiger partial charge is 0.295 e. The maximum atomic E-state index is 14.8. The molecule has 0 bridgehead atoms. The number of nitrogens with zero attached hydrogens (tertiary/aromatic N) is 7. The van der Waals surface area contributed by atoms with Crippen molar-refractivity contribution in [2.24, 2.45) is 11.6 Å². The number of aromatic amines is 1. The molecule has 5 rings (SSSR count). The monoisotopic (exact) mass is 560 g/mol. The van der Waals surface area contributed by atoms with Crippen LogP contribution in [0, 0.1) is 5.82 Å². The fraction of sp³-hybridized carbons (Fsp3) is 0.286. The average Bonchev–Trinajstić information content (AvgIpc) is 3.62. The molecule has 1 amide bonds. The molecular formula is C28H33FN10O2. The summed E-state index contributed by atoms with van der Waals surface area (Å²) in [5, 5.41) is 5.90. The Balaban J connectivity index is 1.33. The van der Waals surface area contributed by atoms with E-state index in [1.807, 2.05) is 55.3 Å². The van der Waals surface area contributed by atoms with Gasteiger partial charge in [-0.25, -0.2) is 15.2 Å². The molecule has 0 saturated carbocycles. The molecular weight excluding hydrogens is 527 g/mol. The highest BCUT2D eigenvalue weighted by atomic mass is 19.1. The highest BCUT2D eigenvalue weighted by Crippen LogP contribution is 2.31. The first-order chi connectivity index (χ1) is 19.8. The third-order valence-electron chi connectivity index (χ3n) is 7.05. The summed E-state index contributed by atoms with van der Waals surface area (Å²) >= 11 is 0. The number of nitrogens with two attached hydrogens (primary N) is 2. The lowest BCUT2D eigenvalue weighted by Gasteiger charge is -2.35. The van der Waals surface area contributed by atoms with E-state index in [0.29, 0.717) is 26.2 Å². The summed E-state index contributed by atoms with van der Waals surface area (Å²) in [4.78, 5) is 39.2. The molecule has 1 aliphatic rings. The van der Waals surface area contributed by atoms with Crippen molar-refractivity contribution in [2.45, 2.75) is 6.54 Å². The molecule has 5 N–H and O–H groups in total. The van der Waals surface area contributed by atoms with Gasteiger partial charge in [0, 0.05) is 63.1 Å². The van der Waals surface area contributed by atoms with Crippen LogP contribution in [0.1, 0.15) is 10.4 Å². The Hall–Kier alpha value is -4.75. The van der Waals surface area contributed by atoms with Gasteiger partial charge in [0.25, 0.3) is 11.7 Å². The Morgan fingerprint density at radius 1 is 1.15 bits per heavy atom. The minimum Gasteiger partial charge on any atom is -0.403 e. The summed E-state index contributed by atoms with van der Waals surface area (Å²) in [6.07, 6.45) is 6.84. The minimum absolute atomic E-state index is 0.0505. The zero-order valence-corrected chi connectivity index (χ0v) is 23.0. The maximum Gasteiger partial charge on any atom is 0.295 e. The Kier molecular flexibility index (Phi) is 7.99. The number of H-pyrrole nitrogens is 1. The number of carbonyl (C=O) groups is 2. The molecule has 0 atom stereocenters. The molecule has 0 radical (unpaired) electrons. The first-order valence-electron chi connectivity index (χ1n) is 13.2. The van der Waals surface area contributed by atoms with Crippen LogP contribution in [0.4, 0.5) is 15.9 Å². The van der Waals surface area contributed by atoms with Gasteiger partial charge in [-0.3, -0.25) is 19.3 Å². The Morgan fingerprint density at radius 2 is 1.88 bits per heavy atom. The number of nitrogens with one attached hydrogen (secondary N) is 1. The highest BCUT2D eigenvalue weighted by Gasteiger charge is 2.31. The molecule has 0 unspecified atom stereocenters. The molecule has 41 heavy (non-hydrogen) atoms. The van der Waals surface area contributed by atoms with Crippen molar-refractivity contribution in [3.63, 3.8) is 0 Å². The number of benzene rings is 1. The van der Waals surface area contributed by atoms with E-state index in [9.17, 15) is 14.0 Å². The number of aromatic nitrogens is 4. The summed E-state index contributed by atoms with van der Waals surface area (Å²) in [6.45, 7) is 3.28. The number of hydrazine groups is 1. The van der Waals surface area contributed by atoms with E-state index < -0.39 is 17.5 Å². The number of Topliss-reactive ketones (excluding diaryl/α,β-unsaturated/α-hetero) is 1. The topological polar surface area (TPSA) is 146 Å². The molecule has 1 fully saturated rings. The number of amides is 1. The van der Waals surface area contributed by atoms with Crippen LogP contribution in [-0.2, 0) is 11.3 Å². The summed E-state index contributed by atoms with van der Waals surface area (Å²) in [5.41, 5.74) is 8.36. The number of ketones is 1. The van der Waals surface area contributed by atoms with Gasteiger partial charge in [-0.1, -0.05) is 30.3 Å². The fourth-order valence-electron chi connectivity index (χ4n) is 4.90. The normalized spacial score (nSPS) is 14.0. The first kappa shape index (κ1) is 27.8. The predicted octanol–water partition coefficient (Wildman–Crippen LogP) is 1.77. The second-order valence-corrected chi connectivity index (χ2v) is 10.0. The van der Waals surface area contributed by atoms with E-state index >= 15 is 0 Å². The number of hydrogen-bond acceptors (Lipinski definition) is 9. The van der Waals surface area contributed by atoms with Crippen LogP contribution in [0.25, 0.3) is 22.2 Å². The minimum atomic E-state index is -0.805. The van der Waals surface area contributed by atoms with Gasteiger partial charge in [-0.15, -0.1) is 0 Å². The van der Waals surface area contributed by atoms with E-state index in [2.05, 4.69) is 19.8 Å². The second kappa shape index (κ2) is 11.8. The van der Waals surface area contributed by atoms with Crippen molar-refractivity contribution in [3.05, 3.63) is 72.7 Å². The van der Waals surface area contributed by atoms with Crippen LogP contribution in [0.15, 0.2) is 61.3 Å². The Bertz CT molecular complexity index is 1570. The third-order valence-corrected chi connectivity index (χ3v) is 7.05. The van der Waals surface area contributed by atoms with Crippen LogP contribution < -0.4 is 21.5 Å². The quantitative estimate of drug-likeness (QED) is 0.121. The lowest BCUT2D eigenvalue weighted by atomic mass is 10.1. The zero-order valence-electron chi connectivity index (χ0n) is 23.0. The van der Waals surface area contributed by atoms with Gasteiger partial charge in [-0.05, 0) is 14.1 Å². The van der Waals surface area contributed by atoms with Gasteiger partial charge in [0.15, 0.2) is 11.6 Å². The van der Waals surface area contributed by atoms with Crippen molar-refractivity contribution >= 4 is 34.1 Å². The molecule has 1 aromatic carbocycles. The van der Waals surface area contributed by atoms with Gasteiger partial charge < -0.3 is 25.4 Å². The van der Waals surface area contributed by atoms with Crippen molar-refractivity contribution in [1.82, 2.24) is 29.5 Å². The van der Waals surface area contributed by atoms with E-state index in [0.717, 1.165) is 41.2 Å². The van der Waals surface area contributed by atoms with Crippen molar-refractivity contribution in [3.8, 4) is 11.3 Å². The predicted molar refractivity (Wildman–Crippen MR) is 155 cm³/mol. The van der Waals surface area contributed by atoms with Gasteiger partial charge >= 0.3 is 0 Å². The molecule has 0 aliphatic carbocycles. The largest absolute Gasteiger partial charge is 0.403 e. The summed E-state index contributed by atoms with van der Waals surface area (Å²) in [6, 6.07) is 9.98. The van der Waals surface area contributed by atoms with Gasteiger partial charge in [0.1, 0.15) is 5.69 Å². The number of piperazine rings is 1. The second-order valence-electron chi connectivity index (χ2n) is 10.0. The number of rotatable bonds is 9. The molecule has 1 aliphatic heterocycles. The van der Waals surface area contributed by atoms with E-state index in [1.54, 1.807) is 0 Å².